The summed E-state index contributed by atoms with van der Waals surface area (Å²) in [5.41, 5.74) is 1.94. The van der Waals surface area contributed by atoms with Gasteiger partial charge in [0.05, 0.1) is 0 Å². The first-order chi connectivity index (χ1) is 8.61. The maximum Gasteiger partial charge on any atom is 0.321 e. The van der Waals surface area contributed by atoms with E-state index in [9.17, 15) is 4.79 Å². The molecule has 1 aliphatic heterocycles. The number of carbonyl (C=O) groups excluding carboxylic acids is 1. The van der Waals surface area contributed by atoms with Gasteiger partial charge < -0.3 is 10.6 Å². The molecule has 1 fully saturated rings. The summed E-state index contributed by atoms with van der Waals surface area (Å²) in [5.74, 6) is 0.408. The van der Waals surface area contributed by atoms with Crippen molar-refractivity contribution < 1.29 is 4.79 Å². The molecule has 0 radical (unpaired) electrons. The van der Waals surface area contributed by atoms with E-state index in [4.69, 9.17) is 11.6 Å². The fourth-order valence-corrected chi connectivity index (χ4v) is 2.41. The van der Waals surface area contributed by atoms with Gasteiger partial charge in [-0.2, -0.15) is 0 Å². The zero-order chi connectivity index (χ0) is 13.1. The van der Waals surface area contributed by atoms with E-state index in [1.807, 2.05) is 32.2 Å². The van der Waals surface area contributed by atoms with Gasteiger partial charge in [0.2, 0.25) is 0 Å². The maximum absolute atomic E-state index is 12.0. The van der Waals surface area contributed by atoms with Gasteiger partial charge in [-0.1, -0.05) is 17.7 Å². The molecule has 2 rings (SSSR count). The van der Waals surface area contributed by atoms with Crippen LogP contribution in [0.2, 0.25) is 5.02 Å². The molecular weight excluding hydrogens is 250 g/mol. The van der Waals surface area contributed by atoms with Gasteiger partial charge >= 0.3 is 6.03 Å². The Kier molecular flexibility index (Phi) is 4.09. The van der Waals surface area contributed by atoms with Crippen LogP contribution in [0.3, 0.4) is 0 Å². The van der Waals surface area contributed by atoms with Gasteiger partial charge in [-0.05, 0) is 31.7 Å². The number of rotatable bonds is 3. The van der Waals surface area contributed by atoms with Gasteiger partial charge in [0, 0.05) is 36.3 Å². The lowest BCUT2D eigenvalue weighted by Gasteiger charge is -2.34. The first kappa shape index (κ1) is 13.2. The van der Waals surface area contributed by atoms with Crippen molar-refractivity contribution in [2.24, 2.45) is 5.92 Å². The lowest BCUT2D eigenvalue weighted by atomic mass is 10.1. The van der Waals surface area contributed by atoms with Crippen LogP contribution in [0.4, 0.5) is 10.5 Å². The monoisotopic (exact) mass is 267 g/mol. The van der Waals surface area contributed by atoms with E-state index in [2.05, 4.69) is 10.6 Å². The number of amides is 2. The van der Waals surface area contributed by atoms with Crippen molar-refractivity contribution in [3.63, 3.8) is 0 Å². The highest BCUT2D eigenvalue weighted by Gasteiger charge is 2.26. The van der Waals surface area contributed by atoms with E-state index in [1.165, 1.54) is 0 Å². The van der Waals surface area contributed by atoms with Gasteiger partial charge in [-0.3, -0.25) is 4.90 Å². The van der Waals surface area contributed by atoms with Crippen LogP contribution in [0.25, 0.3) is 0 Å². The number of urea groups is 1. The molecule has 0 spiro atoms. The average molecular weight is 268 g/mol. The summed E-state index contributed by atoms with van der Waals surface area (Å²) in [6.07, 6.45) is 0. The molecule has 1 saturated heterocycles. The summed E-state index contributed by atoms with van der Waals surface area (Å²) in [5, 5.41) is 6.71. The Hall–Kier alpha value is -1.26. The van der Waals surface area contributed by atoms with Crippen molar-refractivity contribution in [2.45, 2.75) is 6.92 Å². The molecule has 0 aromatic heterocycles. The smallest absolute Gasteiger partial charge is 0.321 e. The van der Waals surface area contributed by atoms with Gasteiger partial charge in [0.25, 0.3) is 0 Å². The minimum absolute atomic E-state index is 0.0484. The van der Waals surface area contributed by atoms with Crippen LogP contribution in [0, 0.1) is 12.8 Å². The molecule has 2 N–H and O–H groups in total. The number of hydrogen-bond acceptors (Lipinski definition) is 2. The SMILES string of the molecule is CNCC1CNC(=O)N(c2cc(Cl)ccc2C)C1. The molecule has 0 saturated carbocycles. The second kappa shape index (κ2) is 5.59. The van der Waals surface area contributed by atoms with Crippen molar-refractivity contribution in [1.29, 1.82) is 0 Å². The Labute approximate surface area is 112 Å². The molecule has 2 amide bonds. The van der Waals surface area contributed by atoms with E-state index >= 15 is 0 Å². The third-order valence-electron chi connectivity index (χ3n) is 3.18. The topological polar surface area (TPSA) is 44.4 Å². The second-order valence-electron chi connectivity index (χ2n) is 4.65. The lowest BCUT2D eigenvalue weighted by molar-refractivity contribution is 0.236. The number of hydrogen-bond donors (Lipinski definition) is 2. The van der Waals surface area contributed by atoms with Gasteiger partial charge in [-0.15, -0.1) is 0 Å². The van der Waals surface area contributed by atoms with E-state index in [0.717, 1.165) is 24.3 Å². The molecule has 1 aromatic rings. The Morgan fingerprint density at radius 1 is 1.56 bits per heavy atom. The van der Waals surface area contributed by atoms with E-state index < -0.39 is 0 Å². The number of nitrogens with one attached hydrogen (secondary N) is 2. The van der Waals surface area contributed by atoms with Crippen LogP contribution in [0.5, 0.6) is 0 Å². The predicted molar refractivity (Wildman–Crippen MR) is 74.4 cm³/mol. The summed E-state index contributed by atoms with van der Waals surface area (Å²) in [4.78, 5) is 13.7. The van der Waals surface area contributed by atoms with E-state index in [0.29, 0.717) is 17.5 Å². The van der Waals surface area contributed by atoms with Crippen molar-refractivity contribution >= 4 is 23.3 Å². The van der Waals surface area contributed by atoms with Crippen LogP contribution in [-0.4, -0.2) is 32.7 Å². The highest BCUT2D eigenvalue weighted by Crippen LogP contribution is 2.26. The minimum atomic E-state index is -0.0484. The fraction of sp³-hybridized carbons (Fsp3) is 0.462. The Morgan fingerprint density at radius 2 is 2.33 bits per heavy atom. The number of nitrogens with zero attached hydrogens (tertiary/aromatic N) is 1. The van der Waals surface area contributed by atoms with Crippen molar-refractivity contribution in [3.8, 4) is 0 Å². The molecule has 0 aliphatic carbocycles. The van der Waals surface area contributed by atoms with Crippen LogP contribution < -0.4 is 15.5 Å². The van der Waals surface area contributed by atoms with Crippen LogP contribution in [-0.2, 0) is 0 Å². The summed E-state index contributed by atoms with van der Waals surface area (Å²) in [6, 6.07) is 5.57. The largest absolute Gasteiger partial charge is 0.337 e. The normalized spacial score (nSPS) is 19.8. The minimum Gasteiger partial charge on any atom is -0.337 e. The van der Waals surface area contributed by atoms with Crippen LogP contribution in [0.15, 0.2) is 18.2 Å². The van der Waals surface area contributed by atoms with Crippen LogP contribution in [0.1, 0.15) is 5.56 Å². The fourth-order valence-electron chi connectivity index (χ4n) is 2.24. The molecule has 1 heterocycles. The highest BCUT2D eigenvalue weighted by molar-refractivity contribution is 6.31. The number of halogens is 1. The van der Waals surface area contributed by atoms with E-state index in [1.54, 1.807) is 4.90 Å². The van der Waals surface area contributed by atoms with Crippen LogP contribution >= 0.6 is 11.6 Å². The molecule has 5 heteroatoms. The number of aryl methyl sites for hydroxylation is 1. The zero-order valence-electron chi connectivity index (χ0n) is 10.7. The molecule has 98 valence electrons. The molecule has 1 unspecified atom stereocenters. The first-order valence-electron chi connectivity index (χ1n) is 6.08. The standard InChI is InChI=1S/C13H18ClN3O/c1-9-3-4-11(14)5-12(9)17-8-10(6-15-2)7-16-13(17)18/h3-5,10,15H,6-8H2,1-2H3,(H,16,18). The Morgan fingerprint density at radius 3 is 3.06 bits per heavy atom. The molecule has 1 aromatic carbocycles. The average Bonchev–Trinajstić information content (AvgIpc) is 2.35. The molecule has 18 heavy (non-hydrogen) atoms. The van der Waals surface area contributed by atoms with Crippen molar-refractivity contribution in [2.75, 3.05) is 31.6 Å². The second-order valence-corrected chi connectivity index (χ2v) is 5.09. The quantitative estimate of drug-likeness (QED) is 0.880. The Bertz CT molecular complexity index is 450. The van der Waals surface area contributed by atoms with Crippen molar-refractivity contribution in [3.05, 3.63) is 28.8 Å². The van der Waals surface area contributed by atoms with Crippen molar-refractivity contribution in [1.82, 2.24) is 10.6 Å². The zero-order valence-corrected chi connectivity index (χ0v) is 11.4. The molecule has 1 aliphatic rings. The first-order valence-corrected chi connectivity index (χ1v) is 6.45. The molecule has 0 bridgehead atoms. The molecular formula is C13H18ClN3O. The molecule has 4 nitrogen and oxygen atoms in total. The van der Waals surface area contributed by atoms with Gasteiger partial charge in [-0.25, -0.2) is 4.79 Å². The van der Waals surface area contributed by atoms with Gasteiger partial charge in [0.15, 0.2) is 0 Å². The predicted octanol–water partition coefficient (Wildman–Crippen LogP) is 2.01. The third kappa shape index (κ3) is 2.76. The summed E-state index contributed by atoms with van der Waals surface area (Å²) in [6.45, 7) is 4.31. The Balaban J connectivity index is 2.24. The number of carbonyl (C=O) groups is 1. The number of benzene rings is 1. The summed E-state index contributed by atoms with van der Waals surface area (Å²) >= 11 is 6.01. The van der Waals surface area contributed by atoms with Gasteiger partial charge in [0.1, 0.15) is 0 Å². The third-order valence-corrected chi connectivity index (χ3v) is 3.42. The summed E-state index contributed by atoms with van der Waals surface area (Å²) in [7, 11) is 1.92. The van der Waals surface area contributed by atoms with E-state index in [-0.39, 0.29) is 6.03 Å². The number of anilines is 1. The molecule has 1 atom stereocenters. The summed E-state index contributed by atoms with van der Waals surface area (Å²) < 4.78 is 0. The highest BCUT2D eigenvalue weighted by atomic mass is 35.5. The maximum atomic E-state index is 12.0. The lowest BCUT2D eigenvalue weighted by Crippen LogP contribution is -2.53.